The maximum absolute atomic E-state index is 11.1. The Morgan fingerprint density at radius 1 is 1.50 bits per heavy atom. The lowest BCUT2D eigenvalue weighted by Gasteiger charge is -2.13. The monoisotopic (exact) mass is 203 g/mol. The minimum atomic E-state index is -1.02. The number of rotatable bonds is 6. The smallest absolute Gasteiger partial charge is 0.326 e. The first-order valence-electron chi connectivity index (χ1n) is 4.59. The first-order valence-corrected chi connectivity index (χ1v) is 4.59. The number of urea groups is 1. The predicted molar refractivity (Wildman–Crippen MR) is 51.9 cm³/mol. The van der Waals surface area contributed by atoms with Crippen molar-refractivity contribution in [3.8, 4) is 0 Å². The second-order valence-electron chi connectivity index (χ2n) is 2.87. The number of hydrogen-bond donors (Lipinski definition) is 4. The molecule has 0 heterocycles. The standard InChI is InChI=1S/C8H17N3O3/c1-2-3-6(7(12)13)11-8(14)10-5-4-9/h6H,2-5,9H2,1H3,(H,12,13)(H2,10,11,14). The van der Waals surface area contributed by atoms with Crippen LogP contribution in [0.1, 0.15) is 19.8 Å². The molecule has 5 N–H and O–H groups in total. The number of nitrogens with one attached hydrogen (secondary N) is 2. The van der Waals surface area contributed by atoms with E-state index in [2.05, 4.69) is 10.6 Å². The fourth-order valence-corrected chi connectivity index (χ4v) is 0.941. The second-order valence-corrected chi connectivity index (χ2v) is 2.87. The van der Waals surface area contributed by atoms with Gasteiger partial charge in [0.1, 0.15) is 6.04 Å². The normalized spacial score (nSPS) is 11.9. The van der Waals surface area contributed by atoms with Gasteiger partial charge in [0.05, 0.1) is 0 Å². The van der Waals surface area contributed by atoms with Crippen LogP contribution < -0.4 is 16.4 Å². The first-order chi connectivity index (χ1) is 6.61. The van der Waals surface area contributed by atoms with Gasteiger partial charge in [0, 0.05) is 13.1 Å². The second kappa shape index (κ2) is 7.14. The van der Waals surface area contributed by atoms with E-state index in [1.165, 1.54) is 0 Å². The van der Waals surface area contributed by atoms with E-state index in [0.717, 1.165) is 0 Å². The molecule has 0 spiro atoms. The Morgan fingerprint density at radius 2 is 2.14 bits per heavy atom. The molecule has 14 heavy (non-hydrogen) atoms. The van der Waals surface area contributed by atoms with Crippen molar-refractivity contribution in [2.24, 2.45) is 5.73 Å². The van der Waals surface area contributed by atoms with Crippen LogP contribution in [0, 0.1) is 0 Å². The van der Waals surface area contributed by atoms with E-state index >= 15 is 0 Å². The molecule has 0 aromatic rings. The van der Waals surface area contributed by atoms with Gasteiger partial charge < -0.3 is 21.5 Å². The molecule has 0 rings (SSSR count). The van der Waals surface area contributed by atoms with Crippen LogP contribution in [-0.2, 0) is 4.79 Å². The topological polar surface area (TPSA) is 104 Å². The molecule has 82 valence electrons. The van der Waals surface area contributed by atoms with E-state index in [1.807, 2.05) is 6.92 Å². The molecule has 0 aliphatic rings. The molecular formula is C8H17N3O3. The van der Waals surface area contributed by atoms with Crippen LogP contribution in [0.5, 0.6) is 0 Å². The highest BCUT2D eigenvalue weighted by molar-refractivity contribution is 5.82. The maximum Gasteiger partial charge on any atom is 0.326 e. The van der Waals surface area contributed by atoms with Crippen molar-refractivity contribution in [2.75, 3.05) is 13.1 Å². The third-order valence-electron chi connectivity index (χ3n) is 1.61. The summed E-state index contributed by atoms with van der Waals surface area (Å²) < 4.78 is 0. The van der Waals surface area contributed by atoms with Crippen molar-refractivity contribution in [3.63, 3.8) is 0 Å². The molecule has 0 saturated carbocycles. The number of nitrogens with two attached hydrogens (primary N) is 1. The van der Waals surface area contributed by atoms with Crippen LogP contribution >= 0.6 is 0 Å². The molecule has 6 heteroatoms. The first kappa shape index (κ1) is 12.7. The van der Waals surface area contributed by atoms with Gasteiger partial charge in [-0.15, -0.1) is 0 Å². The van der Waals surface area contributed by atoms with Crippen LogP contribution in [0.15, 0.2) is 0 Å². The van der Waals surface area contributed by atoms with Crippen LogP contribution in [0.25, 0.3) is 0 Å². The Morgan fingerprint density at radius 3 is 2.57 bits per heavy atom. The molecule has 0 aliphatic heterocycles. The summed E-state index contributed by atoms with van der Waals surface area (Å²) in [5.41, 5.74) is 5.17. The number of carbonyl (C=O) groups excluding carboxylic acids is 1. The van der Waals surface area contributed by atoms with Crippen LogP contribution in [0.3, 0.4) is 0 Å². The van der Waals surface area contributed by atoms with E-state index < -0.39 is 18.0 Å². The Balaban J connectivity index is 3.90. The van der Waals surface area contributed by atoms with Crippen molar-refractivity contribution >= 4 is 12.0 Å². The number of hydrogen-bond acceptors (Lipinski definition) is 3. The van der Waals surface area contributed by atoms with Gasteiger partial charge in [0.2, 0.25) is 0 Å². The van der Waals surface area contributed by atoms with Gasteiger partial charge in [-0.05, 0) is 6.42 Å². The quantitative estimate of drug-likeness (QED) is 0.467. The molecule has 6 nitrogen and oxygen atoms in total. The van der Waals surface area contributed by atoms with Crippen molar-refractivity contribution in [2.45, 2.75) is 25.8 Å². The van der Waals surface area contributed by atoms with Crippen molar-refractivity contribution < 1.29 is 14.7 Å². The molecule has 0 aliphatic carbocycles. The lowest BCUT2D eigenvalue weighted by Crippen LogP contribution is -2.46. The van der Waals surface area contributed by atoms with Gasteiger partial charge in [-0.25, -0.2) is 9.59 Å². The molecule has 0 radical (unpaired) electrons. The molecular weight excluding hydrogens is 186 g/mol. The van der Waals surface area contributed by atoms with Gasteiger partial charge in [0.15, 0.2) is 0 Å². The van der Waals surface area contributed by atoms with Crippen molar-refractivity contribution in [1.82, 2.24) is 10.6 Å². The minimum Gasteiger partial charge on any atom is -0.480 e. The summed E-state index contributed by atoms with van der Waals surface area (Å²) in [5, 5.41) is 13.5. The van der Waals surface area contributed by atoms with Crippen molar-refractivity contribution in [3.05, 3.63) is 0 Å². The van der Waals surface area contributed by atoms with E-state index in [0.29, 0.717) is 25.9 Å². The highest BCUT2D eigenvalue weighted by Gasteiger charge is 2.17. The van der Waals surface area contributed by atoms with Gasteiger partial charge in [-0.1, -0.05) is 13.3 Å². The lowest BCUT2D eigenvalue weighted by atomic mass is 10.2. The molecule has 0 aromatic heterocycles. The molecule has 1 unspecified atom stereocenters. The zero-order chi connectivity index (χ0) is 11.0. The average Bonchev–Trinajstić information content (AvgIpc) is 2.14. The summed E-state index contributed by atoms with van der Waals surface area (Å²) in [5.74, 6) is -1.02. The molecule has 0 bridgehead atoms. The fraction of sp³-hybridized carbons (Fsp3) is 0.750. The number of carbonyl (C=O) groups is 2. The number of carboxylic acids is 1. The summed E-state index contributed by atoms with van der Waals surface area (Å²) in [6.45, 7) is 2.53. The highest BCUT2D eigenvalue weighted by atomic mass is 16.4. The maximum atomic E-state index is 11.1. The fourth-order valence-electron chi connectivity index (χ4n) is 0.941. The summed E-state index contributed by atoms with van der Waals surface area (Å²) in [6, 6.07) is -1.31. The number of carboxylic acid groups (broad SMARTS) is 1. The third-order valence-corrected chi connectivity index (χ3v) is 1.61. The Kier molecular flexibility index (Phi) is 6.47. The highest BCUT2D eigenvalue weighted by Crippen LogP contribution is 1.96. The van der Waals surface area contributed by atoms with Gasteiger partial charge in [0.25, 0.3) is 0 Å². The van der Waals surface area contributed by atoms with E-state index in [-0.39, 0.29) is 0 Å². The third kappa shape index (κ3) is 5.36. The summed E-state index contributed by atoms with van der Waals surface area (Å²) in [4.78, 5) is 21.7. The zero-order valence-corrected chi connectivity index (χ0v) is 8.25. The number of amides is 2. The lowest BCUT2D eigenvalue weighted by molar-refractivity contribution is -0.139. The van der Waals surface area contributed by atoms with Crippen LogP contribution in [-0.4, -0.2) is 36.2 Å². The Labute approximate surface area is 82.9 Å². The molecule has 0 aromatic carbocycles. The minimum absolute atomic E-state index is 0.332. The summed E-state index contributed by atoms with van der Waals surface area (Å²) >= 11 is 0. The van der Waals surface area contributed by atoms with E-state index in [4.69, 9.17) is 10.8 Å². The predicted octanol–water partition coefficient (Wildman–Crippen LogP) is -0.502. The van der Waals surface area contributed by atoms with Crippen molar-refractivity contribution in [1.29, 1.82) is 0 Å². The van der Waals surface area contributed by atoms with Gasteiger partial charge in [-0.2, -0.15) is 0 Å². The van der Waals surface area contributed by atoms with Gasteiger partial charge in [-0.3, -0.25) is 0 Å². The van der Waals surface area contributed by atoms with E-state index in [1.54, 1.807) is 0 Å². The number of aliphatic carboxylic acids is 1. The van der Waals surface area contributed by atoms with Crippen LogP contribution in [0.2, 0.25) is 0 Å². The largest absolute Gasteiger partial charge is 0.480 e. The Bertz CT molecular complexity index is 196. The molecule has 1 atom stereocenters. The molecule has 0 fully saturated rings. The Hall–Kier alpha value is -1.30. The zero-order valence-electron chi connectivity index (χ0n) is 8.25. The van der Waals surface area contributed by atoms with Gasteiger partial charge >= 0.3 is 12.0 Å². The van der Waals surface area contributed by atoms with E-state index in [9.17, 15) is 9.59 Å². The molecule has 0 saturated heterocycles. The average molecular weight is 203 g/mol. The summed E-state index contributed by atoms with van der Waals surface area (Å²) in [6.07, 6.45) is 1.12. The SMILES string of the molecule is CCCC(NC(=O)NCCN)C(=O)O. The molecule has 2 amide bonds. The van der Waals surface area contributed by atoms with Crippen LogP contribution in [0.4, 0.5) is 4.79 Å². The summed E-state index contributed by atoms with van der Waals surface area (Å²) in [7, 11) is 0.